The molecule has 2 unspecified atom stereocenters. The van der Waals surface area contributed by atoms with E-state index < -0.39 is 0 Å². The molecule has 106 valence electrons. The number of rotatable bonds is 3. The molecule has 0 aromatic carbocycles. The summed E-state index contributed by atoms with van der Waals surface area (Å²) < 4.78 is 0. The van der Waals surface area contributed by atoms with Gasteiger partial charge in [-0.05, 0) is 57.3 Å². The molecule has 2 aliphatic rings. The van der Waals surface area contributed by atoms with E-state index >= 15 is 0 Å². The molecule has 0 aromatic rings. The van der Waals surface area contributed by atoms with Gasteiger partial charge in [0, 0.05) is 24.7 Å². The van der Waals surface area contributed by atoms with E-state index in [9.17, 15) is 0 Å². The van der Waals surface area contributed by atoms with Crippen LogP contribution in [0.4, 0.5) is 0 Å². The Morgan fingerprint density at radius 3 is 2.33 bits per heavy atom. The van der Waals surface area contributed by atoms with Crippen molar-refractivity contribution in [1.82, 2.24) is 4.90 Å². The lowest BCUT2D eigenvalue weighted by atomic mass is 9.73. The molecule has 2 fully saturated rings. The largest absolute Gasteiger partial charge is 0.329 e. The maximum absolute atomic E-state index is 6.22. The Morgan fingerprint density at radius 2 is 1.78 bits per heavy atom. The van der Waals surface area contributed by atoms with E-state index in [0.717, 1.165) is 24.4 Å². The van der Waals surface area contributed by atoms with Gasteiger partial charge < -0.3 is 5.73 Å². The molecule has 1 aliphatic carbocycles. The molecule has 0 aromatic heterocycles. The second-order valence-electron chi connectivity index (χ2n) is 6.96. The fraction of sp³-hybridized carbons (Fsp3) is 1.00. The number of nitrogens with two attached hydrogens (primary N) is 1. The first-order valence-electron chi connectivity index (χ1n) is 8.08. The molecule has 0 amide bonds. The van der Waals surface area contributed by atoms with Gasteiger partial charge >= 0.3 is 0 Å². The van der Waals surface area contributed by atoms with Crippen LogP contribution < -0.4 is 5.73 Å². The smallest absolute Gasteiger partial charge is 0.0334 e. The van der Waals surface area contributed by atoms with Crippen LogP contribution >= 0.6 is 0 Å². The molecule has 0 spiro atoms. The van der Waals surface area contributed by atoms with Crippen molar-refractivity contribution < 1.29 is 0 Å². The van der Waals surface area contributed by atoms with E-state index in [4.69, 9.17) is 5.73 Å². The molecule has 1 saturated heterocycles. The minimum atomic E-state index is 0.333. The van der Waals surface area contributed by atoms with Crippen LogP contribution in [-0.4, -0.2) is 29.6 Å². The zero-order chi connectivity index (χ0) is 13.2. The van der Waals surface area contributed by atoms with Gasteiger partial charge in [0.15, 0.2) is 0 Å². The molecule has 2 nitrogen and oxygen atoms in total. The topological polar surface area (TPSA) is 29.3 Å². The molecule has 0 bridgehead atoms. The van der Waals surface area contributed by atoms with Gasteiger partial charge in [-0.1, -0.05) is 20.3 Å². The van der Waals surface area contributed by atoms with E-state index in [0.29, 0.717) is 5.54 Å². The van der Waals surface area contributed by atoms with Gasteiger partial charge in [-0.2, -0.15) is 0 Å². The molecule has 1 saturated carbocycles. The first kappa shape index (κ1) is 14.3. The third-order valence-electron chi connectivity index (χ3n) is 5.72. The average molecular weight is 252 g/mol. The summed E-state index contributed by atoms with van der Waals surface area (Å²) in [5, 5.41) is 0. The predicted molar refractivity (Wildman–Crippen MR) is 78.6 cm³/mol. The Hall–Kier alpha value is -0.0800. The normalized spacial score (nSPS) is 43.0. The van der Waals surface area contributed by atoms with Gasteiger partial charge in [0.25, 0.3) is 0 Å². The zero-order valence-electron chi connectivity index (χ0n) is 12.6. The van der Waals surface area contributed by atoms with Crippen molar-refractivity contribution in [3.8, 4) is 0 Å². The van der Waals surface area contributed by atoms with Gasteiger partial charge in [-0.3, -0.25) is 4.90 Å². The van der Waals surface area contributed by atoms with Crippen LogP contribution in [0.5, 0.6) is 0 Å². The van der Waals surface area contributed by atoms with Crippen molar-refractivity contribution in [2.45, 2.75) is 77.3 Å². The van der Waals surface area contributed by atoms with Crippen LogP contribution in [0, 0.1) is 11.8 Å². The highest BCUT2D eigenvalue weighted by molar-refractivity contribution is 4.99. The maximum atomic E-state index is 6.22. The van der Waals surface area contributed by atoms with Crippen molar-refractivity contribution >= 4 is 0 Å². The summed E-state index contributed by atoms with van der Waals surface area (Å²) in [6.45, 7) is 9.29. The molecular formula is C16H32N2. The lowest BCUT2D eigenvalue weighted by molar-refractivity contribution is -0.0209. The molecular weight excluding hydrogens is 220 g/mol. The monoisotopic (exact) mass is 252 g/mol. The Balaban J connectivity index is 2.07. The molecule has 2 N–H and O–H groups in total. The summed E-state index contributed by atoms with van der Waals surface area (Å²) in [4.78, 5) is 2.78. The molecule has 0 radical (unpaired) electrons. The van der Waals surface area contributed by atoms with Crippen molar-refractivity contribution in [3.05, 3.63) is 0 Å². The summed E-state index contributed by atoms with van der Waals surface area (Å²) in [6, 6.07) is 0.739. The maximum Gasteiger partial charge on any atom is 0.0334 e. The lowest BCUT2D eigenvalue weighted by Gasteiger charge is -2.53. The van der Waals surface area contributed by atoms with Crippen LogP contribution in [0.15, 0.2) is 0 Å². The first-order chi connectivity index (χ1) is 8.61. The quantitative estimate of drug-likeness (QED) is 0.834. The van der Waals surface area contributed by atoms with E-state index in [-0.39, 0.29) is 0 Å². The van der Waals surface area contributed by atoms with E-state index in [1.165, 1.54) is 51.5 Å². The molecule has 18 heavy (non-hydrogen) atoms. The van der Waals surface area contributed by atoms with E-state index in [2.05, 4.69) is 25.7 Å². The molecule has 2 rings (SSSR count). The standard InChI is InChI=1S/C16H32N2/c1-4-15-7-9-16(12-17,10-8-15)18-11-13(2)5-6-14(18)3/h13-15H,4-12,17H2,1-3H3. The number of nitrogens with zero attached hydrogens (tertiary/aromatic N) is 1. The molecule has 1 heterocycles. The second kappa shape index (κ2) is 5.92. The van der Waals surface area contributed by atoms with Gasteiger partial charge in [0.05, 0.1) is 0 Å². The summed E-state index contributed by atoms with van der Waals surface area (Å²) >= 11 is 0. The summed E-state index contributed by atoms with van der Waals surface area (Å²) in [6.07, 6.45) is 9.57. The van der Waals surface area contributed by atoms with Crippen molar-refractivity contribution in [3.63, 3.8) is 0 Å². The third-order valence-corrected chi connectivity index (χ3v) is 5.72. The SMILES string of the molecule is CCC1CCC(CN)(N2CC(C)CCC2C)CC1. The van der Waals surface area contributed by atoms with E-state index in [1.807, 2.05) is 0 Å². The third kappa shape index (κ3) is 2.75. The predicted octanol–water partition coefficient (Wildman–Crippen LogP) is 3.40. The van der Waals surface area contributed by atoms with Crippen LogP contribution in [0.25, 0.3) is 0 Å². The molecule has 2 heteroatoms. The van der Waals surface area contributed by atoms with E-state index in [1.54, 1.807) is 0 Å². The van der Waals surface area contributed by atoms with Crippen LogP contribution in [0.1, 0.15) is 65.7 Å². The number of likely N-dealkylation sites (tertiary alicyclic amines) is 1. The number of hydrogen-bond donors (Lipinski definition) is 1. The van der Waals surface area contributed by atoms with Gasteiger partial charge in [0.2, 0.25) is 0 Å². The summed E-state index contributed by atoms with van der Waals surface area (Å²) in [5.74, 6) is 1.82. The average Bonchev–Trinajstić information content (AvgIpc) is 2.41. The fourth-order valence-corrected chi connectivity index (χ4v) is 4.18. The molecule has 2 atom stereocenters. The molecule has 1 aliphatic heterocycles. The summed E-state index contributed by atoms with van der Waals surface area (Å²) in [7, 11) is 0. The Labute approximate surface area is 113 Å². The lowest BCUT2D eigenvalue weighted by Crippen LogP contribution is -2.61. The highest BCUT2D eigenvalue weighted by atomic mass is 15.2. The van der Waals surface area contributed by atoms with Crippen LogP contribution in [0.3, 0.4) is 0 Å². The van der Waals surface area contributed by atoms with Crippen molar-refractivity contribution in [1.29, 1.82) is 0 Å². The Bertz CT molecular complexity index is 256. The fourth-order valence-electron chi connectivity index (χ4n) is 4.18. The van der Waals surface area contributed by atoms with Gasteiger partial charge in [-0.15, -0.1) is 0 Å². The van der Waals surface area contributed by atoms with Crippen LogP contribution in [0.2, 0.25) is 0 Å². The Kier molecular flexibility index (Phi) is 4.71. The zero-order valence-corrected chi connectivity index (χ0v) is 12.6. The number of hydrogen-bond acceptors (Lipinski definition) is 2. The summed E-state index contributed by atoms with van der Waals surface area (Å²) in [5.41, 5.74) is 6.56. The van der Waals surface area contributed by atoms with Gasteiger partial charge in [0.1, 0.15) is 0 Å². The van der Waals surface area contributed by atoms with Crippen molar-refractivity contribution in [2.24, 2.45) is 17.6 Å². The highest BCUT2D eigenvalue weighted by Crippen LogP contribution is 2.40. The number of piperidine rings is 1. The Morgan fingerprint density at radius 1 is 1.11 bits per heavy atom. The van der Waals surface area contributed by atoms with Gasteiger partial charge in [-0.25, -0.2) is 0 Å². The van der Waals surface area contributed by atoms with Crippen molar-refractivity contribution in [2.75, 3.05) is 13.1 Å². The minimum Gasteiger partial charge on any atom is -0.329 e. The van der Waals surface area contributed by atoms with Crippen LogP contribution in [-0.2, 0) is 0 Å². The second-order valence-corrected chi connectivity index (χ2v) is 6.96. The highest BCUT2D eigenvalue weighted by Gasteiger charge is 2.42. The minimum absolute atomic E-state index is 0.333. The first-order valence-corrected chi connectivity index (χ1v) is 8.08.